The zero-order chi connectivity index (χ0) is 8.91. The number of rotatable bonds is 5. The third kappa shape index (κ3) is 6.28. The molecular weight excluding hydrogens is 142 g/mol. The Labute approximate surface area is 69.0 Å². The van der Waals surface area contributed by atoms with E-state index in [4.69, 9.17) is 9.57 Å². The first-order chi connectivity index (χ1) is 4.98. The number of nitrogens with one attached hydrogen (secondary N) is 1. The number of hydroxylamine groups is 1. The van der Waals surface area contributed by atoms with Crippen molar-refractivity contribution in [2.24, 2.45) is 0 Å². The van der Waals surface area contributed by atoms with Gasteiger partial charge in [-0.05, 0) is 34.6 Å². The second-order valence-electron chi connectivity index (χ2n) is 3.21. The van der Waals surface area contributed by atoms with Crippen LogP contribution >= 0.6 is 0 Å². The van der Waals surface area contributed by atoms with Crippen molar-refractivity contribution in [2.75, 3.05) is 6.61 Å². The van der Waals surface area contributed by atoms with Gasteiger partial charge in [-0.25, -0.2) is 0 Å². The third-order valence-electron chi connectivity index (χ3n) is 1.05. The maximum absolute atomic E-state index is 5.34. The lowest BCUT2D eigenvalue weighted by atomic mass is 10.3. The molecule has 0 amide bonds. The number of ether oxygens (including phenoxy) is 1. The lowest BCUT2D eigenvalue weighted by Gasteiger charge is -2.26. The molecule has 0 aromatic carbocycles. The topological polar surface area (TPSA) is 30.5 Å². The van der Waals surface area contributed by atoms with E-state index in [2.05, 4.69) is 5.48 Å². The molecule has 0 saturated heterocycles. The molecule has 0 rings (SSSR count). The molecule has 0 unspecified atom stereocenters. The maximum Gasteiger partial charge on any atom is 0.135 e. The molecule has 0 heterocycles. The molecule has 3 nitrogen and oxygen atoms in total. The molecule has 0 spiro atoms. The predicted octanol–water partition coefficient (Wildman–Crippen LogP) is 1.69. The molecule has 3 heteroatoms. The van der Waals surface area contributed by atoms with E-state index in [1.807, 2.05) is 34.6 Å². The molecule has 0 aliphatic rings. The molecular formula is C8H19NO2. The molecule has 0 bridgehead atoms. The molecule has 0 aliphatic heterocycles. The maximum atomic E-state index is 5.34. The van der Waals surface area contributed by atoms with Gasteiger partial charge in [-0.15, -0.1) is 0 Å². The lowest BCUT2D eigenvalue weighted by Crippen LogP contribution is -2.43. The largest absolute Gasteiger partial charge is 0.359 e. The minimum Gasteiger partial charge on any atom is -0.359 e. The zero-order valence-electron chi connectivity index (χ0n) is 8.10. The van der Waals surface area contributed by atoms with Crippen LogP contribution in [-0.4, -0.2) is 18.4 Å². The molecule has 11 heavy (non-hydrogen) atoms. The Morgan fingerprint density at radius 1 is 1.36 bits per heavy atom. The van der Waals surface area contributed by atoms with Gasteiger partial charge in [0.25, 0.3) is 0 Å². The third-order valence-corrected chi connectivity index (χ3v) is 1.05. The van der Waals surface area contributed by atoms with Crippen molar-refractivity contribution in [3.8, 4) is 0 Å². The predicted molar refractivity (Wildman–Crippen MR) is 45.1 cm³/mol. The Hall–Kier alpha value is -0.120. The Morgan fingerprint density at radius 3 is 2.27 bits per heavy atom. The van der Waals surface area contributed by atoms with Gasteiger partial charge in [0.1, 0.15) is 5.72 Å². The van der Waals surface area contributed by atoms with Crippen LogP contribution in [0, 0.1) is 0 Å². The molecule has 0 atom stereocenters. The summed E-state index contributed by atoms with van der Waals surface area (Å²) < 4.78 is 5.34. The standard InChI is InChI=1S/C8H19NO2/c1-6-10-8(4,5)9-11-7(2)3/h7,9H,6H2,1-5H3. The summed E-state index contributed by atoms with van der Waals surface area (Å²) in [4.78, 5) is 5.18. The fourth-order valence-corrected chi connectivity index (χ4v) is 0.650. The Balaban J connectivity index is 3.54. The van der Waals surface area contributed by atoms with Crippen molar-refractivity contribution in [1.82, 2.24) is 5.48 Å². The Morgan fingerprint density at radius 2 is 1.91 bits per heavy atom. The van der Waals surface area contributed by atoms with Crippen molar-refractivity contribution in [3.63, 3.8) is 0 Å². The summed E-state index contributed by atoms with van der Waals surface area (Å²) in [7, 11) is 0. The molecule has 0 saturated carbocycles. The average Bonchev–Trinajstić information content (AvgIpc) is 1.84. The minimum atomic E-state index is -0.390. The average molecular weight is 161 g/mol. The van der Waals surface area contributed by atoms with Crippen LogP contribution in [0.25, 0.3) is 0 Å². The summed E-state index contributed by atoms with van der Waals surface area (Å²) in [5.74, 6) is 0. The van der Waals surface area contributed by atoms with Gasteiger partial charge in [-0.3, -0.25) is 4.84 Å². The summed E-state index contributed by atoms with van der Waals surface area (Å²) in [6, 6.07) is 0. The van der Waals surface area contributed by atoms with Crippen LogP contribution in [0.4, 0.5) is 0 Å². The van der Waals surface area contributed by atoms with Gasteiger partial charge in [-0.2, -0.15) is 5.48 Å². The van der Waals surface area contributed by atoms with Gasteiger partial charge in [0.2, 0.25) is 0 Å². The second kappa shape index (κ2) is 4.70. The molecule has 0 aromatic heterocycles. The highest BCUT2D eigenvalue weighted by Crippen LogP contribution is 2.04. The highest BCUT2D eigenvalue weighted by atomic mass is 16.7. The van der Waals surface area contributed by atoms with E-state index in [1.54, 1.807) is 0 Å². The Kier molecular flexibility index (Phi) is 4.65. The van der Waals surface area contributed by atoms with Gasteiger partial charge in [-0.1, -0.05) is 0 Å². The van der Waals surface area contributed by atoms with Crippen molar-refractivity contribution >= 4 is 0 Å². The van der Waals surface area contributed by atoms with Crippen LogP contribution < -0.4 is 5.48 Å². The van der Waals surface area contributed by atoms with Gasteiger partial charge in [0, 0.05) is 6.61 Å². The van der Waals surface area contributed by atoms with Crippen LogP contribution in [0.5, 0.6) is 0 Å². The number of hydrogen-bond acceptors (Lipinski definition) is 3. The van der Waals surface area contributed by atoms with Crippen molar-refractivity contribution in [1.29, 1.82) is 0 Å². The second-order valence-corrected chi connectivity index (χ2v) is 3.21. The SMILES string of the molecule is CCOC(C)(C)NOC(C)C. The van der Waals surface area contributed by atoms with E-state index in [0.717, 1.165) is 0 Å². The summed E-state index contributed by atoms with van der Waals surface area (Å²) in [5.41, 5.74) is 2.45. The lowest BCUT2D eigenvalue weighted by molar-refractivity contribution is -0.157. The minimum absolute atomic E-state index is 0.176. The monoisotopic (exact) mass is 161 g/mol. The van der Waals surface area contributed by atoms with Crippen LogP contribution in [0.3, 0.4) is 0 Å². The molecule has 0 aliphatic carbocycles. The van der Waals surface area contributed by atoms with Crippen molar-refractivity contribution in [2.45, 2.75) is 46.4 Å². The first-order valence-electron chi connectivity index (χ1n) is 4.04. The van der Waals surface area contributed by atoms with Crippen molar-refractivity contribution < 1.29 is 9.57 Å². The molecule has 0 fully saturated rings. The molecule has 1 N–H and O–H groups in total. The van der Waals surface area contributed by atoms with E-state index < -0.39 is 0 Å². The smallest absolute Gasteiger partial charge is 0.135 e. The van der Waals surface area contributed by atoms with Crippen LogP contribution in [-0.2, 0) is 9.57 Å². The van der Waals surface area contributed by atoms with Gasteiger partial charge in [0.05, 0.1) is 6.10 Å². The van der Waals surface area contributed by atoms with Crippen LogP contribution in [0.1, 0.15) is 34.6 Å². The van der Waals surface area contributed by atoms with Crippen molar-refractivity contribution in [3.05, 3.63) is 0 Å². The van der Waals surface area contributed by atoms with E-state index >= 15 is 0 Å². The highest BCUT2D eigenvalue weighted by molar-refractivity contribution is 4.58. The van der Waals surface area contributed by atoms with Crippen LogP contribution in [0.15, 0.2) is 0 Å². The summed E-state index contributed by atoms with van der Waals surface area (Å²) in [5, 5.41) is 0. The first-order valence-corrected chi connectivity index (χ1v) is 4.04. The Bertz CT molecular complexity index is 102. The fourth-order valence-electron chi connectivity index (χ4n) is 0.650. The van der Waals surface area contributed by atoms with E-state index in [9.17, 15) is 0 Å². The van der Waals surface area contributed by atoms with E-state index in [1.165, 1.54) is 0 Å². The summed E-state index contributed by atoms with van der Waals surface area (Å²) >= 11 is 0. The molecule has 68 valence electrons. The molecule has 0 radical (unpaired) electrons. The normalized spacial score (nSPS) is 12.5. The van der Waals surface area contributed by atoms with Gasteiger partial charge >= 0.3 is 0 Å². The van der Waals surface area contributed by atoms with Crippen LogP contribution in [0.2, 0.25) is 0 Å². The van der Waals surface area contributed by atoms with Gasteiger partial charge in [0.15, 0.2) is 0 Å². The summed E-state index contributed by atoms with van der Waals surface area (Å²) in [6.07, 6.45) is 0.176. The van der Waals surface area contributed by atoms with E-state index in [-0.39, 0.29) is 11.8 Å². The van der Waals surface area contributed by atoms with Gasteiger partial charge < -0.3 is 4.74 Å². The van der Waals surface area contributed by atoms with E-state index in [0.29, 0.717) is 6.61 Å². The zero-order valence-corrected chi connectivity index (χ0v) is 8.10. The highest BCUT2D eigenvalue weighted by Gasteiger charge is 2.16. The molecule has 0 aromatic rings. The fraction of sp³-hybridized carbons (Fsp3) is 1.00. The quantitative estimate of drug-likeness (QED) is 0.491. The summed E-state index contributed by atoms with van der Waals surface area (Å²) in [6.45, 7) is 10.4. The number of hydrogen-bond donors (Lipinski definition) is 1. The first kappa shape index (κ1) is 10.9.